The van der Waals surface area contributed by atoms with E-state index in [0.29, 0.717) is 5.92 Å². The molecule has 3 aromatic heterocycles. The molecule has 0 saturated heterocycles. The Hall–Kier alpha value is -3.13. The topological polar surface area (TPSA) is 8.29 Å². The number of nitrogens with zero attached hydrogens (tertiary/aromatic N) is 2. The van der Waals surface area contributed by atoms with Crippen molar-refractivity contribution in [2.24, 2.45) is 7.05 Å². The highest BCUT2D eigenvalue weighted by atomic mass is 15.0. The molecule has 0 bridgehead atoms. The van der Waals surface area contributed by atoms with E-state index in [1.165, 1.54) is 92.2 Å². The van der Waals surface area contributed by atoms with E-state index < -0.39 is 0 Å². The fraction of sp³-hybridized carbons (Fsp3) is 0.276. The first-order valence-electron chi connectivity index (χ1n) is 11.7. The summed E-state index contributed by atoms with van der Waals surface area (Å²) in [5.74, 6) is 0.697. The van der Waals surface area contributed by atoms with Crippen LogP contribution in [0.25, 0.3) is 49.0 Å². The van der Waals surface area contributed by atoms with Gasteiger partial charge in [0.05, 0.1) is 27.3 Å². The van der Waals surface area contributed by atoms with E-state index in [2.05, 4.69) is 83.7 Å². The Balaban J connectivity index is 1.78. The number of aromatic nitrogens is 2. The molecule has 0 N–H and O–H groups in total. The average molecular weight is 404 g/mol. The van der Waals surface area contributed by atoms with E-state index in [0.717, 1.165) is 0 Å². The predicted molar refractivity (Wildman–Crippen MR) is 130 cm³/mol. The number of rotatable bonds is 1. The molecule has 152 valence electrons. The molecule has 1 saturated carbocycles. The van der Waals surface area contributed by atoms with Crippen LogP contribution in [0.15, 0.2) is 60.8 Å². The quantitative estimate of drug-likeness (QED) is 0.156. The molecular weight excluding hydrogens is 376 g/mol. The van der Waals surface area contributed by atoms with Crippen LogP contribution in [-0.4, -0.2) is 4.40 Å². The second-order valence-electron chi connectivity index (χ2n) is 9.62. The number of fused-ring (bicyclic) bond motifs is 5. The van der Waals surface area contributed by atoms with E-state index in [-0.39, 0.29) is 0 Å². The van der Waals surface area contributed by atoms with Crippen molar-refractivity contribution >= 4 is 49.0 Å². The van der Waals surface area contributed by atoms with Gasteiger partial charge in [0, 0.05) is 16.8 Å². The highest BCUT2D eigenvalue weighted by Gasteiger charge is 2.25. The van der Waals surface area contributed by atoms with Crippen molar-refractivity contribution in [3.8, 4) is 0 Å². The first kappa shape index (κ1) is 17.5. The van der Waals surface area contributed by atoms with E-state index >= 15 is 0 Å². The molecule has 0 radical (unpaired) electrons. The van der Waals surface area contributed by atoms with Crippen LogP contribution >= 0.6 is 0 Å². The van der Waals surface area contributed by atoms with Gasteiger partial charge in [0.2, 0.25) is 5.52 Å². The Morgan fingerprint density at radius 3 is 2.55 bits per heavy atom. The Morgan fingerprint density at radius 2 is 1.68 bits per heavy atom. The molecule has 0 spiro atoms. The number of hydrogen-bond acceptors (Lipinski definition) is 0. The molecule has 2 heteroatoms. The summed E-state index contributed by atoms with van der Waals surface area (Å²) in [6.45, 7) is 2.26. The van der Waals surface area contributed by atoms with Gasteiger partial charge in [-0.15, -0.1) is 0 Å². The van der Waals surface area contributed by atoms with Crippen molar-refractivity contribution in [2.75, 3.05) is 0 Å². The first-order chi connectivity index (χ1) is 15.2. The van der Waals surface area contributed by atoms with Gasteiger partial charge in [-0.3, -0.25) is 0 Å². The van der Waals surface area contributed by atoms with Crippen LogP contribution in [0.2, 0.25) is 0 Å². The Morgan fingerprint density at radius 1 is 0.839 bits per heavy atom. The van der Waals surface area contributed by atoms with Crippen LogP contribution in [0.3, 0.4) is 0 Å². The van der Waals surface area contributed by atoms with Gasteiger partial charge in [-0.05, 0) is 54.3 Å². The average Bonchev–Trinajstić information content (AvgIpc) is 3.15. The lowest BCUT2D eigenvalue weighted by Gasteiger charge is -2.23. The number of aryl methyl sites for hydroxylation is 2. The van der Waals surface area contributed by atoms with Gasteiger partial charge in [0.25, 0.3) is 0 Å². The second kappa shape index (κ2) is 6.20. The van der Waals surface area contributed by atoms with Crippen molar-refractivity contribution in [3.63, 3.8) is 0 Å². The van der Waals surface area contributed by atoms with Gasteiger partial charge < -0.3 is 4.40 Å². The molecule has 0 unspecified atom stereocenters. The van der Waals surface area contributed by atoms with Crippen molar-refractivity contribution in [2.45, 2.75) is 44.9 Å². The number of pyridine rings is 2. The van der Waals surface area contributed by atoms with E-state index in [1.807, 2.05) is 0 Å². The smallest absolute Gasteiger partial charge is 0.224 e. The molecule has 3 aromatic carbocycles. The Kier molecular flexibility index (Phi) is 3.51. The van der Waals surface area contributed by atoms with Crippen LogP contribution < -0.4 is 4.57 Å². The zero-order chi connectivity index (χ0) is 20.7. The molecule has 0 atom stereocenters. The maximum absolute atomic E-state index is 2.56. The minimum atomic E-state index is 0.697. The summed E-state index contributed by atoms with van der Waals surface area (Å²) in [4.78, 5) is 0. The van der Waals surface area contributed by atoms with Crippen LogP contribution in [-0.2, 0) is 7.05 Å². The molecule has 6 aromatic rings. The monoisotopic (exact) mass is 403 g/mol. The number of para-hydroxylation sites is 1. The predicted octanol–water partition coefficient (Wildman–Crippen LogP) is 7.17. The lowest BCUT2D eigenvalue weighted by atomic mass is 9.83. The largest absolute Gasteiger partial charge is 0.307 e. The third-order valence-electron chi connectivity index (χ3n) is 7.84. The fourth-order valence-electron chi connectivity index (χ4n) is 6.36. The summed E-state index contributed by atoms with van der Waals surface area (Å²) in [6.07, 6.45) is 9.04. The van der Waals surface area contributed by atoms with Crippen LogP contribution in [0, 0.1) is 6.92 Å². The van der Waals surface area contributed by atoms with Crippen LogP contribution in [0.1, 0.15) is 49.1 Å². The van der Waals surface area contributed by atoms with E-state index in [4.69, 9.17) is 0 Å². The summed E-state index contributed by atoms with van der Waals surface area (Å²) >= 11 is 0. The van der Waals surface area contributed by atoms with Crippen molar-refractivity contribution in [1.82, 2.24) is 4.40 Å². The molecular formula is C29H27N2+. The van der Waals surface area contributed by atoms with Gasteiger partial charge >= 0.3 is 0 Å². The zero-order valence-corrected chi connectivity index (χ0v) is 18.3. The number of hydrogen-bond donors (Lipinski definition) is 0. The van der Waals surface area contributed by atoms with Gasteiger partial charge in [-0.25, -0.2) is 4.57 Å². The molecule has 1 aliphatic rings. The summed E-state index contributed by atoms with van der Waals surface area (Å²) in [6, 6.07) is 20.9. The van der Waals surface area contributed by atoms with Gasteiger partial charge in [0.1, 0.15) is 7.05 Å². The van der Waals surface area contributed by atoms with Gasteiger partial charge in [0.15, 0.2) is 6.20 Å². The second-order valence-corrected chi connectivity index (χ2v) is 9.62. The van der Waals surface area contributed by atoms with Crippen molar-refractivity contribution in [3.05, 3.63) is 71.9 Å². The summed E-state index contributed by atoms with van der Waals surface area (Å²) in [5.41, 5.74) is 8.31. The minimum Gasteiger partial charge on any atom is -0.307 e. The van der Waals surface area contributed by atoms with E-state index in [1.54, 1.807) is 0 Å². The summed E-state index contributed by atoms with van der Waals surface area (Å²) in [5, 5.41) is 6.88. The third-order valence-corrected chi connectivity index (χ3v) is 7.84. The maximum atomic E-state index is 2.56. The molecule has 3 heterocycles. The van der Waals surface area contributed by atoms with Crippen molar-refractivity contribution in [1.29, 1.82) is 0 Å². The van der Waals surface area contributed by atoms with E-state index in [9.17, 15) is 0 Å². The molecule has 0 aliphatic heterocycles. The summed E-state index contributed by atoms with van der Waals surface area (Å²) < 4.78 is 4.89. The number of benzene rings is 3. The lowest BCUT2D eigenvalue weighted by molar-refractivity contribution is -0.643. The molecule has 2 nitrogen and oxygen atoms in total. The Bertz CT molecular complexity index is 1630. The van der Waals surface area contributed by atoms with Gasteiger partial charge in [-0.1, -0.05) is 55.7 Å². The maximum Gasteiger partial charge on any atom is 0.224 e. The lowest BCUT2D eigenvalue weighted by Crippen LogP contribution is -2.29. The highest BCUT2D eigenvalue weighted by molar-refractivity contribution is 6.25. The van der Waals surface area contributed by atoms with Crippen molar-refractivity contribution < 1.29 is 4.57 Å². The minimum absolute atomic E-state index is 0.697. The fourth-order valence-corrected chi connectivity index (χ4v) is 6.36. The molecule has 1 fully saturated rings. The third kappa shape index (κ3) is 2.25. The van der Waals surface area contributed by atoms with Crippen LogP contribution in [0.5, 0.6) is 0 Å². The molecule has 1 aliphatic carbocycles. The summed E-state index contributed by atoms with van der Waals surface area (Å²) in [7, 11) is 2.20. The van der Waals surface area contributed by atoms with Crippen LogP contribution in [0.4, 0.5) is 0 Å². The normalized spacial score (nSPS) is 15.9. The SMILES string of the molecule is Cc1ccc2c3ccccc3n3c4cc(C5CCCCC5)cc5cc[n+](C)c(c1c23)c54. The first-order valence-corrected chi connectivity index (χ1v) is 11.7. The highest BCUT2D eigenvalue weighted by Crippen LogP contribution is 2.42. The van der Waals surface area contributed by atoms with Gasteiger partial charge in [-0.2, -0.15) is 0 Å². The molecule has 7 rings (SSSR count). The molecule has 31 heavy (non-hydrogen) atoms. The Labute approximate surface area is 182 Å². The zero-order valence-electron chi connectivity index (χ0n) is 18.3. The standard InChI is InChI=1S/C29H27N2/c1-18-12-13-23-22-10-6-7-11-24(22)31-25-17-21(19-8-4-3-5-9-19)16-20-14-15-30(2)29(27(20)25)26(18)28(23)31/h6-7,10-17,19H,3-5,8-9H2,1-2H3/q+1. The molecule has 0 amide bonds.